The molecule has 0 bridgehead atoms. The molecule has 0 aliphatic heterocycles. The van der Waals surface area contributed by atoms with E-state index >= 15 is 4.39 Å². The van der Waals surface area contributed by atoms with Crippen LogP contribution >= 0.6 is 31.9 Å². The van der Waals surface area contributed by atoms with Crippen LogP contribution in [0.3, 0.4) is 0 Å². The highest BCUT2D eigenvalue weighted by molar-refractivity contribution is 9.10. The SMILES string of the molecule is COc1ccc(Br)cc1-c1ccc(F)c(-c2cc(Br)ccc2OC)c1F. The van der Waals surface area contributed by atoms with E-state index in [0.29, 0.717) is 27.1 Å². The van der Waals surface area contributed by atoms with Gasteiger partial charge < -0.3 is 9.47 Å². The summed E-state index contributed by atoms with van der Waals surface area (Å²) < 4.78 is 42.1. The lowest BCUT2D eigenvalue weighted by molar-refractivity contribution is 0.415. The lowest BCUT2D eigenvalue weighted by atomic mass is 9.96. The molecule has 6 heteroatoms. The Morgan fingerprint density at radius 1 is 0.692 bits per heavy atom. The van der Waals surface area contributed by atoms with Gasteiger partial charge in [0.2, 0.25) is 0 Å². The molecule has 0 radical (unpaired) electrons. The number of halogens is 4. The monoisotopic (exact) mass is 482 g/mol. The van der Waals surface area contributed by atoms with Crippen LogP contribution in [-0.2, 0) is 0 Å². The largest absolute Gasteiger partial charge is 0.496 e. The van der Waals surface area contributed by atoms with Crippen LogP contribution in [0.15, 0.2) is 57.5 Å². The second kappa shape index (κ2) is 7.76. The van der Waals surface area contributed by atoms with Gasteiger partial charge >= 0.3 is 0 Å². The van der Waals surface area contributed by atoms with Crippen molar-refractivity contribution in [3.63, 3.8) is 0 Å². The zero-order valence-corrected chi connectivity index (χ0v) is 17.1. The first kappa shape index (κ1) is 18.9. The van der Waals surface area contributed by atoms with E-state index in [9.17, 15) is 4.39 Å². The maximum absolute atomic E-state index is 15.4. The van der Waals surface area contributed by atoms with E-state index in [1.54, 1.807) is 36.4 Å². The van der Waals surface area contributed by atoms with Crippen LogP contribution in [-0.4, -0.2) is 14.2 Å². The van der Waals surface area contributed by atoms with Crippen molar-refractivity contribution >= 4 is 31.9 Å². The highest BCUT2D eigenvalue weighted by atomic mass is 79.9. The molecular weight excluding hydrogens is 470 g/mol. The zero-order valence-electron chi connectivity index (χ0n) is 13.9. The van der Waals surface area contributed by atoms with Gasteiger partial charge in [0.05, 0.1) is 19.8 Å². The normalized spacial score (nSPS) is 10.7. The maximum Gasteiger partial charge on any atom is 0.142 e. The standard InChI is InChI=1S/C20H14Br2F2O2/c1-25-17-7-3-11(21)9-14(17)13-5-6-16(23)19(20(13)24)15-10-12(22)4-8-18(15)26-2/h3-10H,1-2H3. The molecule has 0 atom stereocenters. The molecule has 134 valence electrons. The average Bonchev–Trinajstić information content (AvgIpc) is 2.62. The fraction of sp³-hybridized carbons (Fsp3) is 0.100. The first-order valence-corrected chi connectivity index (χ1v) is 9.20. The predicted molar refractivity (Wildman–Crippen MR) is 106 cm³/mol. The topological polar surface area (TPSA) is 18.5 Å². The molecule has 0 aromatic heterocycles. The van der Waals surface area contributed by atoms with E-state index in [1.165, 1.54) is 26.4 Å². The Balaban J connectivity index is 2.30. The number of hydrogen-bond acceptors (Lipinski definition) is 2. The van der Waals surface area contributed by atoms with Crippen molar-refractivity contribution < 1.29 is 18.3 Å². The Hall–Kier alpha value is -1.92. The highest BCUT2D eigenvalue weighted by Gasteiger charge is 2.21. The number of methoxy groups -OCH3 is 2. The summed E-state index contributed by atoms with van der Waals surface area (Å²) in [5.74, 6) is -0.482. The quantitative estimate of drug-likeness (QED) is 0.404. The first-order chi connectivity index (χ1) is 12.5. The van der Waals surface area contributed by atoms with Crippen LogP contribution < -0.4 is 9.47 Å². The highest BCUT2D eigenvalue weighted by Crippen LogP contribution is 2.41. The summed E-state index contributed by atoms with van der Waals surface area (Å²) in [6.07, 6.45) is 0. The molecule has 0 N–H and O–H groups in total. The van der Waals surface area contributed by atoms with Crippen molar-refractivity contribution in [3.8, 4) is 33.8 Å². The third kappa shape index (κ3) is 3.48. The molecule has 0 spiro atoms. The number of hydrogen-bond donors (Lipinski definition) is 0. The second-order valence-electron chi connectivity index (χ2n) is 5.47. The number of rotatable bonds is 4. The number of benzene rings is 3. The van der Waals surface area contributed by atoms with Gasteiger partial charge in [-0.2, -0.15) is 0 Å². The smallest absolute Gasteiger partial charge is 0.142 e. The van der Waals surface area contributed by atoms with Gasteiger partial charge in [-0.3, -0.25) is 0 Å². The van der Waals surface area contributed by atoms with Crippen LogP contribution in [0.25, 0.3) is 22.3 Å². The summed E-state index contributed by atoms with van der Waals surface area (Å²) in [5.41, 5.74) is 0.937. The predicted octanol–water partition coefficient (Wildman–Crippen LogP) is 6.84. The Morgan fingerprint density at radius 2 is 1.23 bits per heavy atom. The Morgan fingerprint density at radius 3 is 1.81 bits per heavy atom. The van der Waals surface area contributed by atoms with Crippen molar-refractivity contribution in [3.05, 3.63) is 69.1 Å². The minimum atomic E-state index is -0.683. The Kier molecular flexibility index (Phi) is 5.63. The lowest BCUT2D eigenvalue weighted by Crippen LogP contribution is -1.98. The van der Waals surface area contributed by atoms with E-state index in [2.05, 4.69) is 31.9 Å². The van der Waals surface area contributed by atoms with Crippen molar-refractivity contribution in [2.24, 2.45) is 0 Å². The molecule has 26 heavy (non-hydrogen) atoms. The molecular formula is C20H14Br2F2O2. The fourth-order valence-corrected chi connectivity index (χ4v) is 3.50. The Bertz CT molecular complexity index is 974. The summed E-state index contributed by atoms with van der Waals surface area (Å²) in [6.45, 7) is 0. The first-order valence-electron chi connectivity index (χ1n) is 7.62. The van der Waals surface area contributed by atoms with Gasteiger partial charge in [-0.25, -0.2) is 8.78 Å². The van der Waals surface area contributed by atoms with Gasteiger partial charge in [0.25, 0.3) is 0 Å². The average molecular weight is 484 g/mol. The molecule has 0 fully saturated rings. The molecule has 2 nitrogen and oxygen atoms in total. The van der Waals surface area contributed by atoms with E-state index in [-0.39, 0.29) is 11.1 Å². The molecule has 0 amide bonds. The van der Waals surface area contributed by atoms with Gasteiger partial charge in [-0.1, -0.05) is 31.9 Å². The third-order valence-corrected chi connectivity index (χ3v) is 4.96. The van der Waals surface area contributed by atoms with Crippen molar-refractivity contribution in [1.29, 1.82) is 0 Å². The summed E-state index contributed by atoms with van der Waals surface area (Å²) in [6, 6.07) is 12.9. The van der Waals surface area contributed by atoms with Crippen LogP contribution in [0.2, 0.25) is 0 Å². The van der Waals surface area contributed by atoms with Gasteiger partial charge in [0.1, 0.15) is 23.1 Å². The third-order valence-electron chi connectivity index (χ3n) is 3.97. The van der Waals surface area contributed by atoms with Gasteiger partial charge in [0, 0.05) is 25.6 Å². The van der Waals surface area contributed by atoms with Crippen LogP contribution in [0.5, 0.6) is 11.5 Å². The maximum atomic E-state index is 15.4. The Labute approximate surface area is 167 Å². The second-order valence-corrected chi connectivity index (χ2v) is 7.30. The van der Waals surface area contributed by atoms with Gasteiger partial charge in [-0.05, 0) is 48.5 Å². The minimum Gasteiger partial charge on any atom is -0.496 e. The van der Waals surface area contributed by atoms with Gasteiger partial charge in [0.15, 0.2) is 0 Å². The molecule has 3 rings (SSSR count). The minimum absolute atomic E-state index is 0.150. The van der Waals surface area contributed by atoms with Gasteiger partial charge in [-0.15, -0.1) is 0 Å². The van der Waals surface area contributed by atoms with Crippen LogP contribution in [0, 0.1) is 11.6 Å². The van der Waals surface area contributed by atoms with E-state index in [4.69, 9.17) is 9.47 Å². The van der Waals surface area contributed by atoms with Crippen molar-refractivity contribution in [2.45, 2.75) is 0 Å². The summed E-state index contributed by atoms with van der Waals surface area (Å²) in [7, 11) is 2.97. The molecule has 3 aromatic rings. The molecule has 0 unspecified atom stereocenters. The molecule has 0 aliphatic carbocycles. The summed E-state index contributed by atoms with van der Waals surface area (Å²) in [5, 5.41) is 0. The lowest BCUT2D eigenvalue weighted by Gasteiger charge is -2.15. The van der Waals surface area contributed by atoms with E-state index < -0.39 is 11.6 Å². The van der Waals surface area contributed by atoms with E-state index in [0.717, 1.165) is 4.47 Å². The molecule has 0 heterocycles. The van der Waals surface area contributed by atoms with E-state index in [1.807, 2.05) is 0 Å². The summed E-state index contributed by atoms with van der Waals surface area (Å²) >= 11 is 6.72. The van der Waals surface area contributed by atoms with Crippen LogP contribution in [0.1, 0.15) is 0 Å². The summed E-state index contributed by atoms with van der Waals surface area (Å²) in [4.78, 5) is 0. The zero-order chi connectivity index (χ0) is 18.8. The molecule has 0 saturated heterocycles. The molecule has 0 aliphatic rings. The molecule has 0 saturated carbocycles. The van der Waals surface area contributed by atoms with Crippen LogP contribution in [0.4, 0.5) is 8.78 Å². The van der Waals surface area contributed by atoms with Crippen molar-refractivity contribution in [2.75, 3.05) is 14.2 Å². The fourth-order valence-electron chi connectivity index (χ4n) is 2.77. The number of ether oxygens (including phenoxy) is 2. The van der Waals surface area contributed by atoms with Crippen molar-refractivity contribution in [1.82, 2.24) is 0 Å². The molecule has 3 aromatic carbocycles.